The molecule has 0 aromatic carbocycles. The molecule has 1 heterocycles. The third kappa shape index (κ3) is 2.14. The topological polar surface area (TPSA) is 38.3 Å². The average Bonchev–Trinajstić information content (AvgIpc) is 2.01. The van der Waals surface area contributed by atoms with E-state index in [0.717, 1.165) is 0 Å². The highest BCUT2D eigenvalue weighted by Gasteiger charge is 2.39. The first kappa shape index (κ1) is 9.38. The van der Waals surface area contributed by atoms with Crippen LogP contribution in [0.15, 0.2) is 0 Å². The van der Waals surface area contributed by atoms with Crippen LogP contribution in [0.25, 0.3) is 0 Å². The first-order valence-corrected chi connectivity index (χ1v) is 3.71. The van der Waals surface area contributed by atoms with Gasteiger partial charge in [-0.25, -0.2) is 8.78 Å². The summed E-state index contributed by atoms with van der Waals surface area (Å²) < 4.78 is 29.7. The molecule has 0 radical (unpaired) electrons. The van der Waals surface area contributed by atoms with Gasteiger partial charge in [0.25, 0.3) is 5.92 Å². The molecule has 0 aromatic rings. The van der Waals surface area contributed by atoms with Crippen LogP contribution in [0.5, 0.6) is 0 Å². The highest BCUT2D eigenvalue weighted by Crippen LogP contribution is 2.26. The lowest BCUT2D eigenvalue weighted by Gasteiger charge is -2.27. The lowest BCUT2D eigenvalue weighted by atomic mass is 9.97. The summed E-state index contributed by atoms with van der Waals surface area (Å²) in [6.45, 7) is -0.0667. The third-order valence-corrected chi connectivity index (χ3v) is 1.85. The lowest BCUT2D eigenvalue weighted by molar-refractivity contribution is -0.151. The van der Waals surface area contributed by atoms with Gasteiger partial charge >= 0.3 is 5.97 Å². The minimum Gasteiger partial charge on any atom is -0.469 e. The van der Waals surface area contributed by atoms with Gasteiger partial charge < -0.3 is 10.1 Å². The van der Waals surface area contributed by atoms with Crippen molar-refractivity contribution in [1.82, 2.24) is 5.32 Å². The molecule has 0 spiro atoms. The van der Waals surface area contributed by atoms with Crippen molar-refractivity contribution in [3.63, 3.8) is 0 Å². The molecule has 1 fully saturated rings. The van der Waals surface area contributed by atoms with Crippen LogP contribution in [0.2, 0.25) is 0 Å². The van der Waals surface area contributed by atoms with Crippen molar-refractivity contribution in [1.29, 1.82) is 0 Å². The number of rotatable bonds is 1. The lowest BCUT2D eigenvalue weighted by Crippen LogP contribution is -2.46. The van der Waals surface area contributed by atoms with E-state index in [9.17, 15) is 13.6 Å². The molecule has 1 aliphatic rings. The van der Waals surface area contributed by atoms with Gasteiger partial charge in [0.1, 0.15) is 0 Å². The first-order valence-electron chi connectivity index (χ1n) is 3.71. The number of methoxy groups -OCH3 is 1. The van der Waals surface area contributed by atoms with E-state index in [0.29, 0.717) is 0 Å². The summed E-state index contributed by atoms with van der Waals surface area (Å²) in [5, 5.41) is 2.49. The van der Waals surface area contributed by atoms with E-state index in [2.05, 4.69) is 10.1 Å². The maximum absolute atomic E-state index is 12.7. The summed E-state index contributed by atoms with van der Waals surface area (Å²) in [7, 11) is 1.20. The van der Waals surface area contributed by atoms with E-state index in [1.165, 1.54) is 7.11 Å². The predicted octanol–water partition coefficient (Wildman–Crippen LogP) is 0.404. The van der Waals surface area contributed by atoms with Crippen molar-refractivity contribution in [3.8, 4) is 0 Å². The summed E-state index contributed by atoms with van der Waals surface area (Å²) in [5.41, 5.74) is 0. The smallest absolute Gasteiger partial charge is 0.310 e. The maximum Gasteiger partial charge on any atom is 0.310 e. The van der Waals surface area contributed by atoms with Crippen LogP contribution in [-0.2, 0) is 9.53 Å². The van der Waals surface area contributed by atoms with Crippen molar-refractivity contribution < 1.29 is 18.3 Å². The predicted molar refractivity (Wildman–Crippen MR) is 37.9 cm³/mol. The Morgan fingerprint density at radius 1 is 1.67 bits per heavy atom. The van der Waals surface area contributed by atoms with Gasteiger partial charge in [-0.05, 0) is 0 Å². The molecule has 5 heteroatoms. The number of hydrogen-bond donors (Lipinski definition) is 1. The van der Waals surface area contributed by atoms with Crippen LogP contribution >= 0.6 is 0 Å². The molecule has 1 N–H and O–H groups in total. The van der Waals surface area contributed by atoms with Crippen LogP contribution in [0, 0.1) is 5.92 Å². The van der Waals surface area contributed by atoms with Crippen LogP contribution in [-0.4, -0.2) is 32.1 Å². The van der Waals surface area contributed by atoms with Crippen molar-refractivity contribution in [2.45, 2.75) is 12.3 Å². The second kappa shape index (κ2) is 3.35. The maximum atomic E-state index is 12.7. The van der Waals surface area contributed by atoms with Crippen LogP contribution in [0.1, 0.15) is 6.42 Å². The number of piperidine rings is 1. The Morgan fingerprint density at radius 3 is 2.83 bits per heavy atom. The van der Waals surface area contributed by atoms with Gasteiger partial charge in [-0.2, -0.15) is 0 Å². The Bertz CT molecular complexity index is 184. The molecule has 0 aromatic heterocycles. The van der Waals surface area contributed by atoms with Gasteiger partial charge in [-0.1, -0.05) is 0 Å². The minimum absolute atomic E-state index is 0.280. The number of halogens is 2. The van der Waals surface area contributed by atoms with Crippen molar-refractivity contribution in [3.05, 3.63) is 0 Å². The van der Waals surface area contributed by atoms with Crippen molar-refractivity contribution >= 4 is 5.97 Å². The van der Waals surface area contributed by atoms with Gasteiger partial charge in [0.2, 0.25) is 0 Å². The second-order valence-electron chi connectivity index (χ2n) is 2.91. The highest BCUT2D eigenvalue weighted by atomic mass is 19.3. The molecule has 1 atom stereocenters. The summed E-state index contributed by atoms with van der Waals surface area (Å²) in [6, 6.07) is 0. The number of hydrogen-bond acceptors (Lipinski definition) is 3. The molecule has 1 saturated heterocycles. The summed E-state index contributed by atoms with van der Waals surface area (Å²) in [6.07, 6.45) is -0.410. The molecule has 1 rings (SSSR count). The van der Waals surface area contributed by atoms with E-state index in [-0.39, 0.29) is 13.1 Å². The number of ether oxygens (including phenoxy) is 1. The largest absolute Gasteiger partial charge is 0.469 e. The van der Waals surface area contributed by atoms with E-state index in [1.54, 1.807) is 0 Å². The first-order chi connectivity index (χ1) is 5.55. The minimum atomic E-state index is -2.78. The summed E-state index contributed by atoms with van der Waals surface area (Å²) in [4.78, 5) is 10.9. The Kier molecular flexibility index (Phi) is 2.62. The number of alkyl halides is 2. The standard InChI is InChI=1S/C7H11F2NO2/c1-12-6(11)5-2-7(8,9)4-10-3-5/h5,10H,2-4H2,1H3. The second-order valence-corrected chi connectivity index (χ2v) is 2.91. The van der Waals surface area contributed by atoms with Crippen LogP contribution < -0.4 is 5.32 Å². The van der Waals surface area contributed by atoms with Crippen molar-refractivity contribution in [2.75, 3.05) is 20.2 Å². The monoisotopic (exact) mass is 179 g/mol. The fraction of sp³-hybridized carbons (Fsp3) is 0.857. The fourth-order valence-corrected chi connectivity index (χ4v) is 1.27. The molecule has 1 unspecified atom stereocenters. The van der Waals surface area contributed by atoms with Crippen LogP contribution in [0.4, 0.5) is 8.78 Å². The zero-order chi connectivity index (χ0) is 9.19. The van der Waals surface area contributed by atoms with Gasteiger partial charge in [-0.15, -0.1) is 0 Å². The molecular formula is C7H11F2NO2. The van der Waals surface area contributed by atoms with E-state index in [1.807, 2.05) is 0 Å². The molecule has 0 aliphatic carbocycles. The quantitative estimate of drug-likeness (QED) is 0.592. The number of esters is 1. The fourth-order valence-electron chi connectivity index (χ4n) is 1.27. The normalized spacial score (nSPS) is 28.1. The molecule has 3 nitrogen and oxygen atoms in total. The van der Waals surface area contributed by atoms with Gasteiger partial charge in [0, 0.05) is 13.0 Å². The van der Waals surface area contributed by atoms with Crippen LogP contribution in [0.3, 0.4) is 0 Å². The van der Waals surface area contributed by atoms with Gasteiger partial charge in [-0.3, -0.25) is 4.79 Å². The Labute approximate surface area is 69.1 Å². The van der Waals surface area contributed by atoms with E-state index < -0.39 is 24.2 Å². The number of carbonyl (C=O) groups excluding carboxylic acids is 1. The summed E-state index contributed by atoms with van der Waals surface area (Å²) >= 11 is 0. The Morgan fingerprint density at radius 2 is 2.33 bits per heavy atom. The molecular weight excluding hydrogens is 168 g/mol. The molecule has 1 aliphatic heterocycles. The Balaban J connectivity index is 2.52. The van der Waals surface area contributed by atoms with Crippen molar-refractivity contribution in [2.24, 2.45) is 5.92 Å². The van der Waals surface area contributed by atoms with Gasteiger partial charge in [0.15, 0.2) is 0 Å². The SMILES string of the molecule is COC(=O)C1CNCC(F)(F)C1. The Hall–Kier alpha value is -0.710. The molecule has 0 amide bonds. The zero-order valence-corrected chi connectivity index (χ0v) is 6.77. The number of carbonyl (C=O) groups is 1. The molecule has 0 saturated carbocycles. The average molecular weight is 179 g/mol. The highest BCUT2D eigenvalue weighted by molar-refractivity contribution is 5.72. The number of nitrogens with one attached hydrogen (secondary N) is 1. The third-order valence-electron chi connectivity index (χ3n) is 1.85. The molecule has 12 heavy (non-hydrogen) atoms. The molecule has 0 bridgehead atoms. The van der Waals surface area contributed by atoms with E-state index in [4.69, 9.17) is 0 Å². The zero-order valence-electron chi connectivity index (χ0n) is 6.77. The summed E-state index contributed by atoms with van der Waals surface area (Å²) in [5.74, 6) is -4.06. The van der Waals surface area contributed by atoms with Gasteiger partial charge in [0.05, 0.1) is 19.6 Å². The van der Waals surface area contributed by atoms with E-state index >= 15 is 0 Å². The molecule has 70 valence electrons.